The van der Waals surface area contributed by atoms with E-state index in [0.717, 1.165) is 38.3 Å². The van der Waals surface area contributed by atoms with Crippen LogP contribution < -0.4 is 11.2 Å². The Kier molecular flexibility index (Phi) is 5.10. The molecule has 0 bridgehead atoms. The summed E-state index contributed by atoms with van der Waals surface area (Å²) in [6.45, 7) is 3.60. The Hall–Kier alpha value is -2.78. The third-order valence-corrected chi connectivity index (χ3v) is 5.57. The van der Waals surface area contributed by atoms with Gasteiger partial charge in [0.15, 0.2) is 5.75 Å². The number of rotatable bonds is 5. The second-order valence-electron chi connectivity index (χ2n) is 7.58. The summed E-state index contributed by atoms with van der Waals surface area (Å²) in [6.07, 6.45) is 2.49. The van der Waals surface area contributed by atoms with Crippen LogP contribution in [-0.4, -0.2) is 64.4 Å². The summed E-state index contributed by atoms with van der Waals surface area (Å²) in [5.41, 5.74) is 3.79. The summed E-state index contributed by atoms with van der Waals surface area (Å²) in [5, 5.41) is 18.6. The number of piperazine rings is 1. The van der Waals surface area contributed by atoms with Crippen LogP contribution in [0.3, 0.4) is 0 Å². The van der Waals surface area contributed by atoms with Gasteiger partial charge >= 0.3 is 0 Å². The largest absolute Gasteiger partial charge is 0.503 e. The third-order valence-electron chi connectivity index (χ3n) is 5.57. The van der Waals surface area contributed by atoms with Crippen LogP contribution in [0.1, 0.15) is 18.4 Å². The quantitative estimate of drug-likeness (QED) is 0.569. The molecule has 9 heteroatoms. The van der Waals surface area contributed by atoms with E-state index in [-0.39, 0.29) is 23.6 Å². The summed E-state index contributed by atoms with van der Waals surface area (Å²) in [7, 11) is 0. The minimum absolute atomic E-state index is 0.0422. The van der Waals surface area contributed by atoms with E-state index in [2.05, 4.69) is 14.8 Å². The van der Waals surface area contributed by atoms with E-state index >= 15 is 0 Å². The van der Waals surface area contributed by atoms with Gasteiger partial charge in [-0.3, -0.25) is 14.6 Å². The van der Waals surface area contributed by atoms with Crippen molar-refractivity contribution in [1.29, 1.82) is 5.41 Å². The number of nitrogen functional groups attached to an aromatic ring is 1. The molecule has 2 fully saturated rings. The first-order valence-corrected chi connectivity index (χ1v) is 9.60. The molecule has 1 saturated carbocycles. The van der Waals surface area contributed by atoms with E-state index in [0.29, 0.717) is 6.04 Å². The Morgan fingerprint density at radius 3 is 2.41 bits per heavy atom. The fourth-order valence-electron chi connectivity index (χ4n) is 3.86. The molecule has 0 unspecified atom stereocenters. The van der Waals surface area contributed by atoms with Gasteiger partial charge in [-0.05, 0) is 25.0 Å². The molecule has 0 spiro atoms. The average molecular weight is 403 g/mol. The zero-order chi connectivity index (χ0) is 20.7. The van der Waals surface area contributed by atoms with Gasteiger partial charge < -0.3 is 21.2 Å². The Balaban J connectivity index is 1.57. The number of benzene rings is 1. The van der Waals surface area contributed by atoms with E-state index in [1.165, 1.54) is 18.9 Å². The Bertz CT molecular complexity index is 990. The number of hydrogen-bond donors (Lipinski definition) is 4. The highest BCUT2D eigenvalue weighted by molar-refractivity contribution is 6.04. The molecule has 0 amide bonds. The van der Waals surface area contributed by atoms with Crippen molar-refractivity contribution in [2.45, 2.75) is 18.9 Å². The van der Waals surface area contributed by atoms with Crippen molar-refractivity contribution in [3.05, 3.63) is 45.6 Å². The zero-order valence-corrected chi connectivity index (χ0v) is 15.8. The van der Waals surface area contributed by atoms with Crippen LogP contribution in [0.5, 0.6) is 5.75 Å². The predicted molar refractivity (Wildman–Crippen MR) is 106 cm³/mol. The first-order valence-electron chi connectivity index (χ1n) is 9.60. The standard InChI is InChI=1S/C20H23F2N5O2/c21-12-2-1-3-13(22)15(12)17-19(29)18(28)16(20(24)25-17)14(23)10-26-6-8-27(9-7-26)11-4-5-11/h1-3,11,23,29H,4-10H2,(H3,24,25,28). The van der Waals surface area contributed by atoms with Gasteiger partial charge in [-0.1, -0.05) is 6.07 Å². The minimum atomic E-state index is -0.938. The van der Waals surface area contributed by atoms with Crippen LogP contribution >= 0.6 is 0 Å². The van der Waals surface area contributed by atoms with Crippen molar-refractivity contribution < 1.29 is 13.9 Å². The van der Waals surface area contributed by atoms with Gasteiger partial charge in [-0.15, -0.1) is 0 Å². The molecule has 29 heavy (non-hydrogen) atoms. The average Bonchev–Trinajstić information content (AvgIpc) is 3.51. The van der Waals surface area contributed by atoms with Crippen molar-refractivity contribution in [3.63, 3.8) is 0 Å². The number of anilines is 1. The monoisotopic (exact) mass is 403 g/mol. The number of hydrogen-bond acceptors (Lipinski definition) is 6. The fourth-order valence-corrected chi connectivity index (χ4v) is 3.86. The maximum Gasteiger partial charge on any atom is 0.235 e. The molecule has 0 radical (unpaired) electrons. The van der Waals surface area contributed by atoms with Gasteiger partial charge in [0.1, 0.15) is 17.5 Å². The number of halogens is 2. The molecule has 1 aliphatic heterocycles. The molecule has 0 atom stereocenters. The summed E-state index contributed by atoms with van der Waals surface area (Å²) in [5.74, 6) is -2.94. The van der Waals surface area contributed by atoms with Gasteiger partial charge in [-0.2, -0.15) is 0 Å². The van der Waals surface area contributed by atoms with Crippen LogP contribution in [0, 0.1) is 17.0 Å². The molecule has 1 aromatic carbocycles. The summed E-state index contributed by atoms with van der Waals surface area (Å²) < 4.78 is 28.1. The van der Waals surface area contributed by atoms with Crippen molar-refractivity contribution in [2.24, 2.45) is 0 Å². The molecule has 5 N–H and O–H groups in total. The van der Waals surface area contributed by atoms with Gasteiger partial charge in [0.2, 0.25) is 5.43 Å². The SMILES string of the molecule is N=C(CN1CCN(C2CC2)CC1)c1c(N)[nH]c(-c2c(F)cccc2F)c(O)c1=O. The lowest BCUT2D eigenvalue weighted by Crippen LogP contribution is -2.48. The Morgan fingerprint density at radius 1 is 1.21 bits per heavy atom. The van der Waals surface area contributed by atoms with Crippen LogP contribution in [0.15, 0.2) is 23.0 Å². The fraction of sp³-hybridized carbons (Fsp3) is 0.400. The maximum absolute atomic E-state index is 14.1. The van der Waals surface area contributed by atoms with Gasteiger partial charge in [-0.25, -0.2) is 8.78 Å². The molecule has 7 nitrogen and oxygen atoms in total. The molecule has 2 aliphatic rings. The lowest BCUT2D eigenvalue weighted by Gasteiger charge is -2.34. The number of pyridine rings is 1. The Labute approximate surface area is 166 Å². The van der Waals surface area contributed by atoms with Gasteiger partial charge in [0, 0.05) is 38.8 Å². The Morgan fingerprint density at radius 2 is 1.83 bits per heavy atom. The van der Waals surface area contributed by atoms with Crippen LogP contribution in [-0.2, 0) is 0 Å². The molecule has 1 aromatic heterocycles. The minimum Gasteiger partial charge on any atom is -0.503 e. The number of nitrogens with two attached hydrogens (primary N) is 1. The van der Waals surface area contributed by atoms with Crippen molar-refractivity contribution in [2.75, 3.05) is 38.5 Å². The van der Waals surface area contributed by atoms with Gasteiger partial charge in [0.25, 0.3) is 0 Å². The molecule has 2 aromatic rings. The first kappa shape index (κ1) is 19.5. The van der Waals surface area contributed by atoms with E-state index in [4.69, 9.17) is 11.1 Å². The second kappa shape index (κ2) is 7.57. The van der Waals surface area contributed by atoms with Crippen molar-refractivity contribution in [1.82, 2.24) is 14.8 Å². The highest BCUT2D eigenvalue weighted by Crippen LogP contribution is 2.31. The predicted octanol–water partition coefficient (Wildman–Crippen LogP) is 1.76. The number of aromatic nitrogens is 1. The molecule has 4 rings (SSSR count). The highest BCUT2D eigenvalue weighted by Gasteiger charge is 2.31. The number of aromatic hydroxyl groups is 1. The number of nitrogens with one attached hydrogen (secondary N) is 2. The highest BCUT2D eigenvalue weighted by atomic mass is 19.1. The first-order chi connectivity index (χ1) is 13.9. The smallest absolute Gasteiger partial charge is 0.235 e. The van der Waals surface area contributed by atoms with Crippen molar-refractivity contribution >= 4 is 11.5 Å². The molecular weight excluding hydrogens is 380 g/mol. The van der Waals surface area contributed by atoms with E-state index in [1.54, 1.807) is 0 Å². The maximum atomic E-state index is 14.1. The van der Waals surface area contributed by atoms with Crippen molar-refractivity contribution in [3.8, 4) is 17.0 Å². The van der Waals surface area contributed by atoms with Crippen LogP contribution in [0.25, 0.3) is 11.3 Å². The van der Waals surface area contributed by atoms with E-state index < -0.39 is 34.1 Å². The molecule has 1 saturated heterocycles. The number of aromatic amines is 1. The van der Waals surface area contributed by atoms with E-state index in [1.807, 2.05) is 0 Å². The summed E-state index contributed by atoms with van der Waals surface area (Å²) in [4.78, 5) is 19.7. The van der Waals surface area contributed by atoms with Crippen LogP contribution in [0.4, 0.5) is 14.6 Å². The zero-order valence-electron chi connectivity index (χ0n) is 15.8. The number of H-pyrrole nitrogens is 1. The van der Waals surface area contributed by atoms with E-state index in [9.17, 15) is 18.7 Å². The lowest BCUT2D eigenvalue weighted by molar-refractivity contribution is 0.139. The molecular formula is C20H23F2N5O2. The normalized spacial score (nSPS) is 18.1. The molecule has 154 valence electrons. The van der Waals surface area contributed by atoms with Gasteiger partial charge in [0.05, 0.1) is 22.5 Å². The second-order valence-corrected chi connectivity index (χ2v) is 7.58. The van der Waals surface area contributed by atoms with Crippen LogP contribution in [0.2, 0.25) is 0 Å². The summed E-state index contributed by atoms with van der Waals surface area (Å²) in [6, 6.07) is 3.91. The topological polar surface area (TPSA) is 109 Å². The number of nitrogens with zero attached hydrogens (tertiary/aromatic N) is 2. The molecule has 2 heterocycles. The molecule has 1 aliphatic carbocycles. The summed E-state index contributed by atoms with van der Waals surface area (Å²) >= 11 is 0. The lowest BCUT2D eigenvalue weighted by atomic mass is 10.0. The third kappa shape index (κ3) is 3.75.